The topological polar surface area (TPSA) is 87.9 Å². The highest BCUT2D eigenvalue weighted by atomic mass is 16.5. The maximum atomic E-state index is 12.4. The van der Waals surface area contributed by atoms with Crippen LogP contribution in [-0.2, 0) is 14.3 Å². The normalized spacial score (nSPS) is 17.5. The fraction of sp³-hybridized carbons (Fsp3) is 0.300. The first kappa shape index (κ1) is 17.9. The summed E-state index contributed by atoms with van der Waals surface area (Å²) in [5.41, 5.74) is 6.20. The number of rotatable bonds is 7. The van der Waals surface area contributed by atoms with Crippen LogP contribution in [0.4, 0.5) is 0 Å². The van der Waals surface area contributed by atoms with Gasteiger partial charge in [-0.05, 0) is 31.0 Å². The monoisotopic (exact) mass is 355 g/mol. The predicted octanol–water partition coefficient (Wildman–Crippen LogP) is 2.63. The van der Waals surface area contributed by atoms with Crippen LogP contribution in [0.5, 0.6) is 5.75 Å². The van der Waals surface area contributed by atoms with Crippen molar-refractivity contribution >= 4 is 11.9 Å². The summed E-state index contributed by atoms with van der Waals surface area (Å²) < 4.78 is 16.5. The van der Waals surface area contributed by atoms with Crippen LogP contribution in [0.15, 0.2) is 54.6 Å². The molecule has 3 rings (SSSR count). The van der Waals surface area contributed by atoms with Crippen molar-refractivity contribution in [2.45, 2.75) is 25.0 Å². The molecule has 0 saturated carbocycles. The molecule has 0 aliphatic carbocycles. The zero-order chi connectivity index (χ0) is 18.4. The highest BCUT2D eigenvalue weighted by Gasteiger charge is 2.23. The Morgan fingerprint density at radius 1 is 1.15 bits per heavy atom. The van der Waals surface area contributed by atoms with E-state index in [9.17, 15) is 9.59 Å². The van der Waals surface area contributed by atoms with Gasteiger partial charge in [0.25, 0.3) is 5.91 Å². The van der Waals surface area contributed by atoms with Crippen molar-refractivity contribution in [3.8, 4) is 5.75 Å². The molecule has 26 heavy (non-hydrogen) atoms. The molecule has 0 radical (unpaired) electrons. The molecular formula is C20H21NO5. The van der Waals surface area contributed by atoms with Gasteiger partial charge in [-0.2, -0.15) is 0 Å². The highest BCUT2D eigenvalue weighted by Crippen LogP contribution is 2.21. The van der Waals surface area contributed by atoms with Gasteiger partial charge in [0, 0.05) is 12.2 Å². The van der Waals surface area contributed by atoms with Crippen LogP contribution < -0.4 is 10.5 Å². The highest BCUT2D eigenvalue weighted by molar-refractivity contribution is 5.92. The second-order valence-electron chi connectivity index (χ2n) is 6.07. The third-order valence-corrected chi connectivity index (χ3v) is 4.12. The van der Waals surface area contributed by atoms with Crippen LogP contribution in [0.1, 0.15) is 34.9 Å². The van der Waals surface area contributed by atoms with E-state index in [-0.39, 0.29) is 11.7 Å². The molecule has 1 heterocycles. The van der Waals surface area contributed by atoms with Gasteiger partial charge in [0.1, 0.15) is 12.4 Å². The van der Waals surface area contributed by atoms with Crippen LogP contribution in [0, 0.1) is 0 Å². The van der Waals surface area contributed by atoms with Gasteiger partial charge in [0.15, 0.2) is 0 Å². The summed E-state index contributed by atoms with van der Waals surface area (Å²) >= 11 is 0. The second-order valence-corrected chi connectivity index (χ2v) is 6.07. The van der Waals surface area contributed by atoms with Crippen LogP contribution in [0.2, 0.25) is 0 Å². The standard InChI is InChI=1S/C20H21NO5/c21-19(22)18(14-6-2-1-3-7-14)26-20(23)15-8-4-9-16(12-15)25-13-17-10-5-11-24-17/h1-4,6-9,12,17-18H,5,10-11,13H2,(H2,21,22)/t17-,18+/m0/s1. The lowest BCUT2D eigenvalue weighted by Crippen LogP contribution is -2.26. The van der Waals surface area contributed by atoms with Crippen LogP contribution in [0.3, 0.4) is 0 Å². The first-order valence-electron chi connectivity index (χ1n) is 8.53. The number of ether oxygens (including phenoxy) is 3. The number of carbonyl (C=O) groups excluding carboxylic acids is 2. The zero-order valence-corrected chi connectivity index (χ0v) is 14.3. The Morgan fingerprint density at radius 2 is 1.96 bits per heavy atom. The third-order valence-electron chi connectivity index (χ3n) is 4.12. The van der Waals surface area contributed by atoms with E-state index in [1.54, 1.807) is 54.6 Å². The molecule has 0 bridgehead atoms. The average molecular weight is 355 g/mol. The van der Waals surface area contributed by atoms with E-state index in [0.717, 1.165) is 19.4 Å². The maximum Gasteiger partial charge on any atom is 0.339 e. The Kier molecular flexibility index (Phi) is 5.86. The summed E-state index contributed by atoms with van der Waals surface area (Å²) in [5, 5.41) is 0. The Morgan fingerprint density at radius 3 is 2.65 bits per heavy atom. The molecule has 1 aliphatic heterocycles. The van der Waals surface area contributed by atoms with Gasteiger partial charge in [-0.3, -0.25) is 4.79 Å². The molecule has 136 valence electrons. The molecule has 1 aliphatic rings. The van der Waals surface area contributed by atoms with E-state index in [1.807, 2.05) is 0 Å². The molecule has 6 nitrogen and oxygen atoms in total. The molecule has 2 atom stereocenters. The van der Waals surface area contributed by atoms with Gasteiger partial charge >= 0.3 is 5.97 Å². The van der Waals surface area contributed by atoms with E-state index in [1.165, 1.54) is 0 Å². The van der Waals surface area contributed by atoms with Crippen LogP contribution in [-0.4, -0.2) is 31.2 Å². The number of hydrogen-bond acceptors (Lipinski definition) is 5. The third kappa shape index (κ3) is 4.61. The quantitative estimate of drug-likeness (QED) is 0.772. The Balaban J connectivity index is 1.66. The minimum Gasteiger partial charge on any atom is -0.491 e. The lowest BCUT2D eigenvalue weighted by molar-refractivity contribution is -0.127. The minimum atomic E-state index is -1.14. The van der Waals surface area contributed by atoms with Crippen molar-refractivity contribution in [3.63, 3.8) is 0 Å². The van der Waals surface area contributed by atoms with Crippen molar-refractivity contribution in [2.75, 3.05) is 13.2 Å². The van der Waals surface area contributed by atoms with E-state index < -0.39 is 18.0 Å². The summed E-state index contributed by atoms with van der Waals surface area (Å²) in [5.74, 6) is -0.819. The molecule has 0 aromatic heterocycles. The molecule has 2 aromatic carbocycles. The molecule has 2 N–H and O–H groups in total. The fourth-order valence-corrected chi connectivity index (χ4v) is 2.77. The number of amides is 1. The minimum absolute atomic E-state index is 0.0860. The summed E-state index contributed by atoms with van der Waals surface area (Å²) in [7, 11) is 0. The molecule has 0 spiro atoms. The Labute approximate surface area is 151 Å². The number of hydrogen-bond donors (Lipinski definition) is 1. The van der Waals surface area contributed by atoms with Crippen LogP contribution >= 0.6 is 0 Å². The fourth-order valence-electron chi connectivity index (χ4n) is 2.77. The number of benzene rings is 2. The molecule has 6 heteroatoms. The number of nitrogens with two attached hydrogens (primary N) is 1. The SMILES string of the molecule is NC(=O)[C@H](OC(=O)c1cccc(OC[C@@H]2CCCO2)c1)c1ccccc1. The van der Waals surface area contributed by atoms with Gasteiger partial charge in [0.2, 0.25) is 6.10 Å². The summed E-state index contributed by atoms with van der Waals surface area (Å²) in [6.45, 7) is 1.20. The van der Waals surface area contributed by atoms with Gasteiger partial charge in [-0.15, -0.1) is 0 Å². The Bertz CT molecular complexity index is 756. The number of esters is 1. The summed E-state index contributed by atoms with van der Waals surface area (Å²) in [6, 6.07) is 15.3. The first-order chi connectivity index (χ1) is 12.6. The predicted molar refractivity (Wildman–Crippen MR) is 94.7 cm³/mol. The molecular weight excluding hydrogens is 334 g/mol. The first-order valence-corrected chi connectivity index (χ1v) is 8.53. The van der Waals surface area contributed by atoms with Gasteiger partial charge < -0.3 is 19.9 Å². The Hall–Kier alpha value is -2.86. The van der Waals surface area contributed by atoms with Crippen molar-refractivity contribution in [1.29, 1.82) is 0 Å². The largest absolute Gasteiger partial charge is 0.491 e. The number of carbonyl (C=O) groups is 2. The maximum absolute atomic E-state index is 12.4. The van der Waals surface area contributed by atoms with Gasteiger partial charge in [-0.1, -0.05) is 36.4 Å². The van der Waals surface area contributed by atoms with Crippen molar-refractivity contribution in [1.82, 2.24) is 0 Å². The molecule has 2 aromatic rings. The molecule has 1 fully saturated rings. The van der Waals surface area contributed by atoms with Gasteiger partial charge in [0.05, 0.1) is 11.7 Å². The molecule has 1 saturated heterocycles. The molecule has 0 unspecified atom stereocenters. The zero-order valence-electron chi connectivity index (χ0n) is 14.3. The van der Waals surface area contributed by atoms with Crippen LogP contribution in [0.25, 0.3) is 0 Å². The van der Waals surface area contributed by atoms with E-state index in [4.69, 9.17) is 19.9 Å². The number of primary amides is 1. The molecule has 1 amide bonds. The summed E-state index contributed by atoms with van der Waals surface area (Å²) in [6.07, 6.45) is 0.955. The lowest BCUT2D eigenvalue weighted by Gasteiger charge is -2.16. The van der Waals surface area contributed by atoms with E-state index in [2.05, 4.69) is 0 Å². The van der Waals surface area contributed by atoms with E-state index >= 15 is 0 Å². The van der Waals surface area contributed by atoms with Crippen molar-refractivity contribution < 1.29 is 23.8 Å². The second kappa shape index (κ2) is 8.49. The smallest absolute Gasteiger partial charge is 0.339 e. The summed E-state index contributed by atoms with van der Waals surface area (Å²) in [4.78, 5) is 24.1. The average Bonchev–Trinajstić information content (AvgIpc) is 3.18. The lowest BCUT2D eigenvalue weighted by atomic mass is 10.1. The van der Waals surface area contributed by atoms with Crippen molar-refractivity contribution in [3.05, 3.63) is 65.7 Å². The van der Waals surface area contributed by atoms with Gasteiger partial charge in [-0.25, -0.2) is 4.79 Å². The van der Waals surface area contributed by atoms with Crippen molar-refractivity contribution in [2.24, 2.45) is 5.73 Å². The van der Waals surface area contributed by atoms with E-state index in [0.29, 0.717) is 17.9 Å².